The molecular formula is C53H32N4O2. The first-order chi connectivity index (χ1) is 29.2. The molecule has 0 spiro atoms. The van der Waals surface area contributed by atoms with Crippen LogP contribution in [-0.4, -0.2) is 16.2 Å². The van der Waals surface area contributed by atoms with Crippen molar-refractivity contribution in [3.05, 3.63) is 199 Å². The number of hydrogen-bond donors (Lipinski definition) is 1. The molecular weight excluding hydrogens is 725 g/mol. The van der Waals surface area contributed by atoms with E-state index in [0.29, 0.717) is 5.84 Å². The van der Waals surface area contributed by atoms with E-state index < -0.39 is 6.17 Å². The fourth-order valence-corrected chi connectivity index (χ4v) is 9.25. The van der Waals surface area contributed by atoms with Crippen LogP contribution in [0.3, 0.4) is 0 Å². The Morgan fingerprint density at radius 1 is 0.458 bits per heavy atom. The van der Waals surface area contributed by atoms with Gasteiger partial charge < -0.3 is 18.7 Å². The number of aromatic nitrogens is 1. The lowest BCUT2D eigenvalue weighted by Crippen LogP contribution is -2.33. The molecule has 59 heavy (non-hydrogen) atoms. The monoisotopic (exact) mass is 756 g/mol. The number of aliphatic imine (C=N–C) groups is 2. The first-order valence-corrected chi connectivity index (χ1v) is 19.9. The van der Waals surface area contributed by atoms with E-state index in [-0.39, 0.29) is 0 Å². The minimum Gasteiger partial charge on any atom is -0.456 e. The fraction of sp³-hybridized carbons (Fsp3) is 0.0189. The molecule has 0 bridgehead atoms. The second kappa shape index (κ2) is 12.3. The second-order valence-corrected chi connectivity index (χ2v) is 15.4. The molecule has 1 aliphatic rings. The number of amidine groups is 2. The van der Waals surface area contributed by atoms with Gasteiger partial charge in [-0.3, -0.25) is 0 Å². The summed E-state index contributed by atoms with van der Waals surface area (Å²) in [7, 11) is 0. The molecule has 1 unspecified atom stereocenters. The topological polar surface area (TPSA) is 68.0 Å². The highest BCUT2D eigenvalue weighted by molar-refractivity contribution is 6.20. The molecule has 0 saturated heterocycles. The Labute approximate surface area is 336 Å². The minimum absolute atomic E-state index is 0.450. The van der Waals surface area contributed by atoms with E-state index in [9.17, 15) is 0 Å². The summed E-state index contributed by atoms with van der Waals surface area (Å²) in [6.45, 7) is 0. The molecule has 0 aliphatic carbocycles. The average molecular weight is 757 g/mol. The van der Waals surface area contributed by atoms with Crippen LogP contribution in [0.4, 0.5) is 0 Å². The molecule has 0 amide bonds. The Hall–Kier alpha value is -7.96. The highest BCUT2D eigenvalue weighted by Crippen LogP contribution is 2.41. The maximum atomic E-state index is 6.81. The van der Waals surface area contributed by atoms with Crippen molar-refractivity contribution in [1.29, 1.82) is 0 Å². The van der Waals surface area contributed by atoms with Crippen LogP contribution < -0.4 is 5.32 Å². The van der Waals surface area contributed by atoms with Gasteiger partial charge in [0.1, 0.15) is 28.8 Å². The van der Waals surface area contributed by atoms with Gasteiger partial charge in [-0.25, -0.2) is 9.98 Å². The van der Waals surface area contributed by atoms with Gasteiger partial charge >= 0.3 is 0 Å². The predicted molar refractivity (Wildman–Crippen MR) is 242 cm³/mol. The Morgan fingerprint density at radius 2 is 1.12 bits per heavy atom. The van der Waals surface area contributed by atoms with Crippen molar-refractivity contribution in [1.82, 2.24) is 9.88 Å². The molecule has 276 valence electrons. The molecule has 4 heterocycles. The van der Waals surface area contributed by atoms with Crippen molar-refractivity contribution in [2.75, 3.05) is 0 Å². The van der Waals surface area contributed by atoms with E-state index in [1.807, 2.05) is 30.3 Å². The smallest absolute Gasteiger partial charge is 0.159 e. The molecule has 3 aromatic heterocycles. The van der Waals surface area contributed by atoms with Crippen LogP contribution in [0.5, 0.6) is 0 Å². The van der Waals surface area contributed by atoms with Gasteiger partial charge in [-0.05, 0) is 70.1 Å². The van der Waals surface area contributed by atoms with Gasteiger partial charge in [0.2, 0.25) is 0 Å². The summed E-state index contributed by atoms with van der Waals surface area (Å²) in [6, 6.07) is 63.9. The van der Waals surface area contributed by atoms with E-state index in [2.05, 4.69) is 162 Å². The van der Waals surface area contributed by atoms with Crippen LogP contribution in [0.2, 0.25) is 0 Å². The molecule has 6 heteroatoms. The van der Waals surface area contributed by atoms with Crippen LogP contribution >= 0.6 is 0 Å². The number of nitrogens with one attached hydrogen (secondary N) is 1. The zero-order valence-electron chi connectivity index (χ0n) is 31.6. The van der Waals surface area contributed by atoms with Crippen LogP contribution in [0.1, 0.15) is 22.9 Å². The van der Waals surface area contributed by atoms with Crippen molar-refractivity contribution in [3.8, 4) is 5.69 Å². The molecule has 12 aromatic rings. The molecule has 1 aliphatic heterocycles. The average Bonchev–Trinajstić information content (AvgIpc) is 3.97. The summed E-state index contributed by atoms with van der Waals surface area (Å²) in [6.07, 6.45) is -0.450. The van der Waals surface area contributed by atoms with Gasteiger partial charge in [-0.15, -0.1) is 0 Å². The quantitative estimate of drug-likeness (QED) is 0.194. The van der Waals surface area contributed by atoms with Crippen molar-refractivity contribution >= 4 is 98.9 Å². The Kier molecular flexibility index (Phi) is 6.69. The van der Waals surface area contributed by atoms with E-state index >= 15 is 0 Å². The molecule has 0 fully saturated rings. The standard InChI is InChI=1S/C53H32N4O2/c1-2-14-33-28-45-42(26-32(33)13-1)37-17-5-8-21-44(37)57(45)46-29-35(27-43-39-19-7-10-23-48(39)59-50(43)46)52-54-51(34-24-25-40-38-18-6-9-22-47(38)58-49(40)30-34)55-53(56-52)41-20-11-15-31-12-3-4-16-36(31)41/h1-30,51H,(H,54,55,56). The number of rotatable bonds is 4. The first kappa shape index (κ1) is 32.2. The van der Waals surface area contributed by atoms with Gasteiger partial charge in [0.25, 0.3) is 0 Å². The van der Waals surface area contributed by atoms with Crippen molar-refractivity contribution < 1.29 is 8.83 Å². The highest BCUT2D eigenvalue weighted by atomic mass is 16.3. The zero-order chi connectivity index (χ0) is 38.6. The summed E-state index contributed by atoms with van der Waals surface area (Å²) in [5.74, 6) is 1.38. The van der Waals surface area contributed by atoms with Crippen molar-refractivity contribution in [2.45, 2.75) is 6.17 Å². The van der Waals surface area contributed by atoms with Crippen LogP contribution in [-0.2, 0) is 0 Å². The Morgan fingerprint density at radius 3 is 1.97 bits per heavy atom. The third-order valence-corrected chi connectivity index (χ3v) is 12.0. The fourth-order valence-electron chi connectivity index (χ4n) is 9.25. The van der Waals surface area contributed by atoms with Crippen LogP contribution in [0, 0.1) is 0 Å². The van der Waals surface area contributed by atoms with Gasteiger partial charge in [0.15, 0.2) is 11.4 Å². The Balaban J connectivity index is 1.09. The van der Waals surface area contributed by atoms with Gasteiger partial charge in [-0.1, -0.05) is 133 Å². The van der Waals surface area contributed by atoms with Gasteiger partial charge in [0, 0.05) is 49.0 Å². The summed E-state index contributed by atoms with van der Waals surface area (Å²) < 4.78 is 15.5. The number of hydrogen-bond acceptors (Lipinski definition) is 5. The normalized spacial score (nSPS) is 14.6. The predicted octanol–water partition coefficient (Wildman–Crippen LogP) is 13.4. The van der Waals surface area contributed by atoms with Crippen LogP contribution in [0.15, 0.2) is 201 Å². The number of furan rings is 2. The zero-order valence-corrected chi connectivity index (χ0v) is 31.6. The van der Waals surface area contributed by atoms with Crippen molar-refractivity contribution in [2.24, 2.45) is 9.98 Å². The second-order valence-electron chi connectivity index (χ2n) is 15.4. The molecule has 0 radical (unpaired) electrons. The van der Waals surface area contributed by atoms with Crippen LogP contribution in [0.25, 0.3) is 92.9 Å². The number of fused-ring (bicyclic) bond motifs is 11. The molecule has 13 rings (SSSR count). The van der Waals surface area contributed by atoms with E-state index in [0.717, 1.165) is 93.9 Å². The molecule has 6 nitrogen and oxygen atoms in total. The largest absolute Gasteiger partial charge is 0.456 e. The molecule has 1 atom stereocenters. The number of nitrogens with zero attached hydrogens (tertiary/aromatic N) is 3. The first-order valence-electron chi connectivity index (χ1n) is 19.9. The minimum atomic E-state index is -0.450. The summed E-state index contributed by atoms with van der Waals surface area (Å²) in [4.78, 5) is 10.8. The summed E-state index contributed by atoms with van der Waals surface area (Å²) >= 11 is 0. The Bertz CT molecular complexity index is 3780. The highest BCUT2D eigenvalue weighted by Gasteiger charge is 2.26. The molecule has 9 aromatic carbocycles. The molecule has 1 N–H and O–H groups in total. The third kappa shape index (κ3) is 4.87. The van der Waals surface area contributed by atoms with Crippen molar-refractivity contribution in [3.63, 3.8) is 0 Å². The van der Waals surface area contributed by atoms with E-state index in [1.165, 1.54) is 21.5 Å². The van der Waals surface area contributed by atoms with E-state index in [4.69, 9.17) is 18.8 Å². The third-order valence-electron chi connectivity index (χ3n) is 12.0. The maximum absolute atomic E-state index is 6.81. The SMILES string of the molecule is c1ccc2cc3c(cc2c1)c1ccccc1n3-c1cc(C2=NC(c3ccc4c(c3)oc3ccccc34)NC(c3cccc4ccccc34)=N2)cc2c1oc1ccccc12. The molecule has 0 saturated carbocycles. The van der Waals surface area contributed by atoms with Gasteiger partial charge in [-0.2, -0.15) is 0 Å². The summed E-state index contributed by atoms with van der Waals surface area (Å²) in [5, 5.41) is 15.0. The van der Waals surface area contributed by atoms with E-state index in [1.54, 1.807) is 0 Å². The maximum Gasteiger partial charge on any atom is 0.159 e. The number of para-hydroxylation sites is 3. The lowest BCUT2D eigenvalue weighted by Gasteiger charge is -2.24. The summed E-state index contributed by atoms with van der Waals surface area (Å²) in [5.41, 5.74) is 9.34. The lowest BCUT2D eigenvalue weighted by molar-refractivity contribution is 0.655. The van der Waals surface area contributed by atoms with Gasteiger partial charge in [0.05, 0.1) is 16.7 Å². The lowest BCUT2D eigenvalue weighted by atomic mass is 10.0. The number of benzene rings is 9.